The number of nitrogens with zero attached hydrogens (tertiary/aromatic N) is 3. The number of Topliss-reactive ketones (excluding diaryl/α,β-unsaturated/α-hetero) is 1. The highest BCUT2D eigenvalue weighted by Gasteiger charge is 2.26. The van der Waals surface area contributed by atoms with Crippen molar-refractivity contribution < 1.29 is 9.18 Å². The van der Waals surface area contributed by atoms with Gasteiger partial charge in [0.1, 0.15) is 17.8 Å². The molecular weight excluding hydrogens is 357 g/mol. The smallest absolute Gasteiger partial charge is 0.210 e. The van der Waals surface area contributed by atoms with Gasteiger partial charge in [-0.2, -0.15) is 0 Å². The van der Waals surface area contributed by atoms with Gasteiger partial charge < -0.3 is 15.6 Å². The van der Waals surface area contributed by atoms with Gasteiger partial charge in [-0.15, -0.1) is 6.42 Å². The maximum absolute atomic E-state index is 13.5. The molecule has 144 valence electrons. The molecule has 0 fully saturated rings. The Labute approximate surface area is 163 Å². The molecule has 2 heterocycles. The lowest BCUT2D eigenvalue weighted by Gasteiger charge is -2.10. The van der Waals surface area contributed by atoms with Crippen LogP contribution in [-0.4, -0.2) is 40.1 Å². The summed E-state index contributed by atoms with van der Waals surface area (Å²) in [6.07, 6.45) is 7.28. The van der Waals surface area contributed by atoms with Crippen LogP contribution in [0.5, 0.6) is 0 Å². The Bertz CT molecular complexity index is 1030. The summed E-state index contributed by atoms with van der Waals surface area (Å²) in [5, 5.41) is 3.68. The Morgan fingerprint density at radius 2 is 2.07 bits per heavy atom. The molecule has 2 aromatic heterocycles. The Balaban J connectivity index is 2.18. The Morgan fingerprint density at radius 1 is 1.32 bits per heavy atom. The fourth-order valence-electron chi connectivity index (χ4n) is 3.29. The molecular formula is C21H22FN5O. The van der Waals surface area contributed by atoms with E-state index in [-0.39, 0.29) is 11.5 Å². The maximum atomic E-state index is 13.5. The molecule has 6 nitrogen and oxygen atoms in total. The van der Waals surface area contributed by atoms with Crippen molar-refractivity contribution >= 4 is 22.6 Å². The minimum Gasteiger partial charge on any atom is -0.383 e. The molecule has 0 radical (unpaired) electrons. The highest BCUT2D eigenvalue weighted by atomic mass is 19.1. The van der Waals surface area contributed by atoms with E-state index in [1.165, 1.54) is 6.33 Å². The largest absolute Gasteiger partial charge is 0.383 e. The van der Waals surface area contributed by atoms with Crippen LogP contribution in [0.1, 0.15) is 22.5 Å². The zero-order valence-corrected chi connectivity index (χ0v) is 15.7. The topological polar surface area (TPSA) is 85.8 Å². The molecule has 3 aromatic rings. The summed E-state index contributed by atoms with van der Waals surface area (Å²) >= 11 is 0. The van der Waals surface area contributed by atoms with E-state index in [0.717, 1.165) is 11.1 Å². The molecule has 7 heteroatoms. The average Bonchev–Trinajstić information content (AvgIpc) is 3.03. The van der Waals surface area contributed by atoms with Gasteiger partial charge >= 0.3 is 0 Å². The summed E-state index contributed by atoms with van der Waals surface area (Å²) in [7, 11) is 0. The molecule has 0 saturated heterocycles. The summed E-state index contributed by atoms with van der Waals surface area (Å²) in [6.45, 7) is 2.47. The second-order valence-corrected chi connectivity index (χ2v) is 6.49. The summed E-state index contributed by atoms with van der Waals surface area (Å²) in [6, 6.07) is 7.66. The molecule has 0 unspecified atom stereocenters. The molecule has 0 aliphatic heterocycles. The Morgan fingerprint density at radius 3 is 2.75 bits per heavy atom. The third-order valence-electron chi connectivity index (χ3n) is 4.56. The number of nitrogens with one attached hydrogen (secondary N) is 1. The van der Waals surface area contributed by atoms with Crippen molar-refractivity contribution in [2.24, 2.45) is 0 Å². The normalized spacial score (nSPS) is 10.9. The van der Waals surface area contributed by atoms with Gasteiger partial charge in [0.05, 0.1) is 17.6 Å². The first kappa shape index (κ1) is 19.5. The summed E-state index contributed by atoms with van der Waals surface area (Å²) in [5.74, 6) is 2.17. The molecule has 0 saturated carbocycles. The van der Waals surface area contributed by atoms with Gasteiger partial charge in [0.15, 0.2) is 6.67 Å². The number of rotatable bonds is 8. The van der Waals surface area contributed by atoms with Crippen molar-refractivity contribution in [3.63, 3.8) is 0 Å². The molecule has 1 aromatic carbocycles. The summed E-state index contributed by atoms with van der Waals surface area (Å²) < 4.78 is 15.2. The molecule has 0 spiro atoms. The van der Waals surface area contributed by atoms with Crippen molar-refractivity contribution in [1.82, 2.24) is 19.9 Å². The first-order chi connectivity index (χ1) is 13.6. The van der Waals surface area contributed by atoms with Crippen LogP contribution >= 0.6 is 0 Å². The summed E-state index contributed by atoms with van der Waals surface area (Å²) in [5.41, 5.74) is 9.36. The van der Waals surface area contributed by atoms with E-state index in [4.69, 9.17) is 12.2 Å². The lowest BCUT2D eigenvalue weighted by Crippen LogP contribution is -2.19. The number of terminal acetylenes is 1. The van der Waals surface area contributed by atoms with Crippen LogP contribution in [0, 0.1) is 19.3 Å². The average molecular weight is 379 g/mol. The van der Waals surface area contributed by atoms with Crippen molar-refractivity contribution in [1.29, 1.82) is 0 Å². The first-order valence-corrected chi connectivity index (χ1v) is 9.01. The van der Waals surface area contributed by atoms with E-state index in [9.17, 15) is 9.18 Å². The van der Waals surface area contributed by atoms with Crippen molar-refractivity contribution in [3.05, 3.63) is 41.9 Å². The number of halogens is 1. The molecule has 0 aliphatic rings. The number of benzene rings is 1. The van der Waals surface area contributed by atoms with Crippen LogP contribution in [0.3, 0.4) is 0 Å². The number of aryl methyl sites for hydroxylation is 2. The number of fused-ring (bicyclic) bond motifs is 1. The number of ketones is 1. The lowest BCUT2D eigenvalue weighted by molar-refractivity contribution is 0.0950. The minimum atomic E-state index is -1.10. The van der Waals surface area contributed by atoms with Crippen molar-refractivity contribution in [2.45, 2.75) is 19.9 Å². The molecule has 28 heavy (non-hydrogen) atoms. The second kappa shape index (κ2) is 8.63. The molecule has 3 rings (SSSR count). The molecule has 0 amide bonds. The number of hydrogen-bond donors (Lipinski definition) is 2. The summed E-state index contributed by atoms with van der Waals surface area (Å²) in [4.78, 5) is 21.0. The number of nitrogens with two attached hydrogens (primary N) is 1. The highest BCUT2D eigenvalue weighted by Crippen LogP contribution is 2.37. The third kappa shape index (κ3) is 3.73. The third-order valence-corrected chi connectivity index (χ3v) is 4.56. The highest BCUT2D eigenvalue weighted by molar-refractivity contribution is 6.13. The number of alkyl halides is 1. The Kier molecular flexibility index (Phi) is 6.02. The van der Waals surface area contributed by atoms with E-state index in [1.54, 1.807) is 4.57 Å². The zero-order valence-electron chi connectivity index (χ0n) is 15.7. The predicted octanol–water partition coefficient (Wildman–Crippen LogP) is 2.75. The van der Waals surface area contributed by atoms with Gasteiger partial charge in [0.2, 0.25) is 5.78 Å². The fourth-order valence-corrected chi connectivity index (χ4v) is 3.29. The predicted molar refractivity (Wildman–Crippen MR) is 109 cm³/mol. The van der Waals surface area contributed by atoms with Crippen LogP contribution in [0.2, 0.25) is 0 Å². The van der Waals surface area contributed by atoms with Gasteiger partial charge in [-0.25, -0.2) is 14.4 Å². The fraction of sp³-hybridized carbons (Fsp3) is 0.286. The van der Waals surface area contributed by atoms with Crippen LogP contribution in [-0.2, 0) is 6.54 Å². The van der Waals surface area contributed by atoms with E-state index >= 15 is 0 Å². The number of carbonyl (C=O) groups is 1. The second-order valence-electron chi connectivity index (χ2n) is 6.49. The van der Waals surface area contributed by atoms with Crippen molar-refractivity contribution in [2.75, 3.05) is 25.5 Å². The van der Waals surface area contributed by atoms with E-state index in [1.807, 2.05) is 31.2 Å². The Hall–Kier alpha value is -3.24. The quantitative estimate of drug-likeness (QED) is 0.357. The first-order valence-electron chi connectivity index (χ1n) is 9.01. The SMILES string of the molecule is C#CCNCCCn1c(C(=O)CF)c(-c2ccc(C)cc2)c2c(N)ncnc21. The number of nitrogen functional groups attached to an aromatic ring is 1. The number of carbonyl (C=O) groups excluding carboxylic acids is 1. The number of hydrogen-bond acceptors (Lipinski definition) is 5. The molecule has 0 atom stereocenters. The van der Waals surface area contributed by atoms with Crippen LogP contribution in [0.4, 0.5) is 10.2 Å². The van der Waals surface area contributed by atoms with Crippen molar-refractivity contribution in [3.8, 4) is 23.5 Å². The lowest BCUT2D eigenvalue weighted by atomic mass is 10.00. The molecule has 3 N–H and O–H groups in total. The van der Waals surface area contributed by atoms with E-state index < -0.39 is 12.5 Å². The molecule has 0 aliphatic carbocycles. The zero-order chi connectivity index (χ0) is 20.1. The minimum absolute atomic E-state index is 0.262. The molecule has 0 bridgehead atoms. The van der Waals surface area contributed by atoms with Gasteiger partial charge in [0.25, 0.3) is 0 Å². The standard InChI is InChI=1S/C21H22FN5O/c1-3-9-24-10-4-11-27-19(16(28)12-22)17(15-7-5-14(2)6-8-15)18-20(23)25-13-26-21(18)27/h1,5-8,13,24H,4,9-12H2,2H3,(H2,23,25,26). The van der Waals surface area contributed by atoms with E-state index in [2.05, 4.69) is 21.2 Å². The van der Waals surface area contributed by atoms with Crippen LogP contribution in [0.25, 0.3) is 22.2 Å². The number of anilines is 1. The van der Waals surface area contributed by atoms with E-state index in [0.29, 0.717) is 42.7 Å². The van der Waals surface area contributed by atoms with Crippen LogP contribution in [0.15, 0.2) is 30.6 Å². The monoisotopic (exact) mass is 379 g/mol. The van der Waals surface area contributed by atoms with Gasteiger partial charge in [0, 0.05) is 12.1 Å². The number of aromatic nitrogens is 3. The van der Waals surface area contributed by atoms with Gasteiger partial charge in [-0.3, -0.25) is 4.79 Å². The van der Waals surface area contributed by atoms with Crippen LogP contribution < -0.4 is 11.1 Å². The van der Waals surface area contributed by atoms with Gasteiger partial charge in [-0.05, 0) is 25.5 Å². The van der Waals surface area contributed by atoms with Gasteiger partial charge in [-0.1, -0.05) is 35.7 Å². The maximum Gasteiger partial charge on any atom is 0.210 e.